The Bertz CT molecular complexity index is 1540. The number of benzene rings is 2. The molecule has 2 heterocycles. The molecule has 4 aromatic rings. The highest BCUT2D eigenvalue weighted by Crippen LogP contribution is 2.44. The number of hydrogen-bond acceptors (Lipinski definition) is 5. The van der Waals surface area contributed by atoms with Crippen molar-refractivity contribution in [3.8, 4) is 22.5 Å². The van der Waals surface area contributed by atoms with E-state index in [9.17, 15) is 18.3 Å². The third-order valence-corrected chi connectivity index (χ3v) is 7.90. The highest BCUT2D eigenvalue weighted by molar-refractivity contribution is 7.90. The number of carboxylic acids is 1. The van der Waals surface area contributed by atoms with E-state index in [0.717, 1.165) is 12.8 Å². The molecule has 1 aliphatic rings. The van der Waals surface area contributed by atoms with E-state index < -0.39 is 27.4 Å². The largest absolute Gasteiger partial charge is 0.478 e. The van der Waals surface area contributed by atoms with Crippen LogP contribution >= 0.6 is 0 Å². The molecule has 2 aromatic heterocycles. The van der Waals surface area contributed by atoms with Gasteiger partial charge >= 0.3 is 5.97 Å². The van der Waals surface area contributed by atoms with Gasteiger partial charge in [-0.25, -0.2) is 17.6 Å². The lowest BCUT2D eigenvalue weighted by atomic mass is 9.99. The minimum atomic E-state index is -3.98. The molecule has 35 heavy (non-hydrogen) atoms. The van der Waals surface area contributed by atoms with Crippen LogP contribution in [0.5, 0.6) is 0 Å². The molecule has 0 spiro atoms. The van der Waals surface area contributed by atoms with Crippen LogP contribution in [0.3, 0.4) is 0 Å². The quantitative estimate of drug-likeness (QED) is 0.397. The fraction of sp³-hybridized carbons (Fsp3) is 0.192. The summed E-state index contributed by atoms with van der Waals surface area (Å²) in [5.41, 5.74) is 2.42. The predicted molar refractivity (Wildman–Crippen MR) is 128 cm³/mol. The van der Waals surface area contributed by atoms with Crippen molar-refractivity contribution < 1.29 is 22.7 Å². The lowest BCUT2D eigenvalue weighted by Crippen LogP contribution is -2.11. The molecule has 2 aromatic carbocycles. The van der Waals surface area contributed by atoms with Gasteiger partial charge in [-0.15, -0.1) is 0 Å². The molecule has 0 atom stereocenters. The van der Waals surface area contributed by atoms with Crippen molar-refractivity contribution in [2.24, 2.45) is 7.05 Å². The van der Waals surface area contributed by atoms with Gasteiger partial charge in [0.15, 0.2) is 9.84 Å². The summed E-state index contributed by atoms with van der Waals surface area (Å²) in [5, 5.41) is 13.5. The lowest BCUT2D eigenvalue weighted by molar-refractivity contribution is 0.0696. The number of sulfone groups is 1. The Morgan fingerprint density at radius 2 is 1.89 bits per heavy atom. The van der Waals surface area contributed by atoms with E-state index >= 15 is 4.39 Å². The Morgan fingerprint density at radius 3 is 2.51 bits per heavy atom. The Balaban J connectivity index is 1.67. The van der Waals surface area contributed by atoms with Crippen LogP contribution in [0.25, 0.3) is 22.5 Å². The summed E-state index contributed by atoms with van der Waals surface area (Å²) in [6.45, 7) is 0. The number of pyridine rings is 1. The van der Waals surface area contributed by atoms with Crippen LogP contribution in [0.2, 0.25) is 0 Å². The first-order valence-corrected chi connectivity index (χ1v) is 12.7. The van der Waals surface area contributed by atoms with Gasteiger partial charge in [-0.3, -0.25) is 9.67 Å². The molecule has 178 valence electrons. The molecular weight excluding hydrogens is 469 g/mol. The molecule has 1 aliphatic carbocycles. The molecule has 1 N–H and O–H groups in total. The molecule has 1 fully saturated rings. The van der Waals surface area contributed by atoms with Crippen LogP contribution < -0.4 is 0 Å². The minimum absolute atomic E-state index is 0.0123. The second-order valence-electron chi connectivity index (χ2n) is 8.64. The van der Waals surface area contributed by atoms with Crippen molar-refractivity contribution in [1.82, 2.24) is 14.8 Å². The van der Waals surface area contributed by atoms with Gasteiger partial charge in [-0.05, 0) is 72.4 Å². The molecule has 9 heteroatoms. The summed E-state index contributed by atoms with van der Waals surface area (Å²) in [7, 11) is -2.30. The molecule has 0 unspecified atom stereocenters. The monoisotopic (exact) mass is 491 g/mol. The van der Waals surface area contributed by atoms with Gasteiger partial charge in [-0.1, -0.05) is 12.1 Å². The Kier molecular flexibility index (Phi) is 5.72. The van der Waals surface area contributed by atoms with E-state index in [4.69, 9.17) is 0 Å². The molecule has 1 saturated carbocycles. The van der Waals surface area contributed by atoms with Gasteiger partial charge < -0.3 is 5.11 Å². The first-order valence-electron chi connectivity index (χ1n) is 11.1. The molecule has 0 aliphatic heterocycles. The standard InChI is InChI=1S/C26H22FN3O4S/c1-30-24(9-11-29-30)21-12-18(20(14-22(21)27)23-4-2-3-10-28-23)15-35(33,34)25-13-17(26(31)32)7-8-19(25)16-5-6-16/h2-4,7-14,16H,5-6,15H2,1H3,(H,31,32). The number of carbonyl (C=O) groups is 1. The molecule has 0 amide bonds. The fourth-order valence-electron chi connectivity index (χ4n) is 4.28. The number of hydrogen-bond donors (Lipinski definition) is 1. The van der Waals surface area contributed by atoms with E-state index in [1.54, 1.807) is 43.6 Å². The molecule has 0 saturated heterocycles. The summed E-state index contributed by atoms with van der Waals surface area (Å²) in [6.07, 6.45) is 4.81. The average Bonchev–Trinajstić information content (AvgIpc) is 3.60. The maximum absolute atomic E-state index is 15.3. The Hall–Kier alpha value is -3.85. The zero-order valence-electron chi connectivity index (χ0n) is 18.8. The second kappa shape index (κ2) is 8.74. The van der Waals surface area contributed by atoms with Crippen LogP contribution in [0, 0.1) is 5.82 Å². The van der Waals surface area contributed by atoms with Gasteiger partial charge in [0, 0.05) is 30.6 Å². The van der Waals surface area contributed by atoms with Crippen molar-refractivity contribution >= 4 is 15.8 Å². The van der Waals surface area contributed by atoms with E-state index in [-0.39, 0.29) is 21.9 Å². The number of halogens is 1. The number of aromatic carboxylic acids is 1. The summed E-state index contributed by atoms with van der Waals surface area (Å²) in [4.78, 5) is 15.9. The summed E-state index contributed by atoms with van der Waals surface area (Å²) >= 11 is 0. The van der Waals surface area contributed by atoms with E-state index in [0.29, 0.717) is 28.1 Å². The van der Waals surface area contributed by atoms with E-state index in [1.807, 2.05) is 0 Å². The number of nitrogens with zero attached hydrogens (tertiary/aromatic N) is 3. The topological polar surface area (TPSA) is 102 Å². The predicted octanol–water partition coefficient (Wildman–Crippen LogP) is 4.84. The van der Waals surface area contributed by atoms with Gasteiger partial charge in [0.05, 0.1) is 27.6 Å². The zero-order chi connectivity index (χ0) is 24.7. The van der Waals surface area contributed by atoms with E-state index in [1.165, 1.54) is 35.1 Å². The van der Waals surface area contributed by atoms with Gasteiger partial charge in [0.1, 0.15) is 5.82 Å². The SMILES string of the molecule is Cn1nccc1-c1cc(CS(=O)(=O)c2cc(C(=O)O)ccc2C2CC2)c(-c2ccccn2)cc1F. The van der Waals surface area contributed by atoms with Crippen molar-refractivity contribution in [2.75, 3.05) is 0 Å². The van der Waals surface area contributed by atoms with Gasteiger partial charge in [-0.2, -0.15) is 5.10 Å². The van der Waals surface area contributed by atoms with Crippen LogP contribution in [-0.4, -0.2) is 34.3 Å². The first kappa shape index (κ1) is 22.9. The highest BCUT2D eigenvalue weighted by atomic mass is 32.2. The van der Waals surface area contributed by atoms with Crippen LogP contribution in [0.15, 0.2) is 71.9 Å². The maximum atomic E-state index is 15.3. The van der Waals surface area contributed by atoms with Gasteiger partial charge in [0.25, 0.3) is 0 Å². The third-order valence-electron chi connectivity index (χ3n) is 6.19. The summed E-state index contributed by atoms with van der Waals surface area (Å²) < 4.78 is 44.2. The Labute approximate surface area is 201 Å². The number of rotatable bonds is 7. The van der Waals surface area contributed by atoms with Crippen molar-refractivity contribution in [2.45, 2.75) is 29.4 Å². The molecule has 5 rings (SSSR count). The first-order chi connectivity index (χ1) is 16.7. The van der Waals surface area contributed by atoms with Crippen molar-refractivity contribution in [3.63, 3.8) is 0 Å². The number of aryl methyl sites for hydroxylation is 1. The van der Waals surface area contributed by atoms with Crippen molar-refractivity contribution in [3.05, 3.63) is 89.5 Å². The van der Waals surface area contributed by atoms with Gasteiger partial charge in [0.2, 0.25) is 0 Å². The van der Waals surface area contributed by atoms with E-state index in [2.05, 4.69) is 10.1 Å². The van der Waals surface area contributed by atoms with Crippen molar-refractivity contribution in [1.29, 1.82) is 0 Å². The fourth-order valence-corrected chi connectivity index (χ4v) is 5.99. The lowest BCUT2D eigenvalue weighted by Gasteiger charge is -2.16. The Morgan fingerprint density at radius 1 is 1.09 bits per heavy atom. The molecule has 0 radical (unpaired) electrons. The van der Waals surface area contributed by atoms with Crippen LogP contribution in [0.1, 0.15) is 40.2 Å². The normalized spacial score (nSPS) is 13.7. The molecule has 0 bridgehead atoms. The summed E-state index contributed by atoms with van der Waals surface area (Å²) in [6, 6.07) is 13.9. The minimum Gasteiger partial charge on any atom is -0.478 e. The number of aromatic nitrogens is 3. The maximum Gasteiger partial charge on any atom is 0.335 e. The van der Waals surface area contributed by atoms with Crippen LogP contribution in [0.4, 0.5) is 4.39 Å². The number of carboxylic acid groups (broad SMARTS) is 1. The summed E-state index contributed by atoms with van der Waals surface area (Å²) in [5.74, 6) is -2.07. The smallest absolute Gasteiger partial charge is 0.335 e. The zero-order valence-corrected chi connectivity index (χ0v) is 19.7. The van der Waals surface area contributed by atoms with Crippen LogP contribution in [-0.2, 0) is 22.6 Å². The second-order valence-corrected chi connectivity index (χ2v) is 10.6. The highest BCUT2D eigenvalue weighted by Gasteiger charge is 2.32. The third kappa shape index (κ3) is 4.46. The molecular formula is C26H22FN3O4S. The molecule has 7 nitrogen and oxygen atoms in total. The average molecular weight is 492 g/mol.